The van der Waals surface area contributed by atoms with E-state index in [1.807, 2.05) is 36.7 Å². The molecule has 19 heavy (non-hydrogen) atoms. The Morgan fingerprint density at radius 2 is 2.00 bits per heavy atom. The number of nitrogens with one attached hydrogen (secondary N) is 1. The van der Waals surface area contributed by atoms with Crippen LogP contribution >= 0.6 is 11.6 Å². The summed E-state index contributed by atoms with van der Waals surface area (Å²) in [6.07, 6.45) is 0. The lowest BCUT2D eigenvalue weighted by molar-refractivity contribution is 0.0952. The molecule has 1 amide bonds. The first-order valence-corrected chi connectivity index (χ1v) is 6.50. The average Bonchev–Trinajstić information content (AvgIpc) is 2.67. The summed E-state index contributed by atoms with van der Waals surface area (Å²) in [6.45, 7) is 4.92. The molecule has 0 fully saturated rings. The van der Waals surface area contributed by atoms with Gasteiger partial charge in [-0.05, 0) is 26.0 Å². The minimum atomic E-state index is -0.0757. The van der Waals surface area contributed by atoms with Gasteiger partial charge in [0.15, 0.2) is 0 Å². The van der Waals surface area contributed by atoms with Crippen molar-refractivity contribution in [2.24, 2.45) is 0 Å². The highest BCUT2D eigenvalue weighted by Gasteiger charge is 2.09. The largest absolute Gasteiger partial charge is 0.350 e. The van der Waals surface area contributed by atoms with E-state index in [4.69, 9.17) is 11.6 Å². The molecule has 1 heterocycles. The van der Waals surface area contributed by atoms with Crippen LogP contribution in [-0.2, 0) is 6.54 Å². The second-order valence-electron chi connectivity index (χ2n) is 4.33. The zero-order valence-corrected chi connectivity index (χ0v) is 11.7. The topological polar surface area (TPSA) is 46.9 Å². The Kier molecular flexibility index (Phi) is 4.22. The predicted molar refractivity (Wildman–Crippen MR) is 75.5 cm³/mol. The number of amides is 1. The molecule has 1 aromatic heterocycles. The van der Waals surface area contributed by atoms with Crippen LogP contribution in [0.25, 0.3) is 0 Å². The van der Waals surface area contributed by atoms with Gasteiger partial charge in [0.25, 0.3) is 5.91 Å². The molecule has 0 saturated carbocycles. The van der Waals surface area contributed by atoms with Gasteiger partial charge in [-0.3, -0.25) is 9.48 Å². The monoisotopic (exact) mass is 277 g/mol. The molecule has 0 spiro atoms. The molecule has 1 aromatic carbocycles. The predicted octanol–water partition coefficient (Wildman–Crippen LogP) is 2.58. The van der Waals surface area contributed by atoms with Crippen LogP contribution in [0.1, 0.15) is 21.7 Å². The molecule has 2 aromatic rings. The Bertz CT molecular complexity index is 578. The van der Waals surface area contributed by atoms with Crippen molar-refractivity contribution in [3.8, 4) is 0 Å². The molecule has 0 saturated heterocycles. The maximum atomic E-state index is 11.8. The quantitative estimate of drug-likeness (QED) is 0.934. The van der Waals surface area contributed by atoms with Crippen molar-refractivity contribution in [3.63, 3.8) is 0 Å². The fraction of sp³-hybridized carbons (Fsp3) is 0.286. The first-order chi connectivity index (χ1) is 9.09. The lowest BCUT2D eigenvalue weighted by atomic mass is 10.2. The van der Waals surface area contributed by atoms with Crippen molar-refractivity contribution < 1.29 is 4.79 Å². The van der Waals surface area contributed by atoms with Crippen molar-refractivity contribution in [1.82, 2.24) is 15.1 Å². The number of rotatable bonds is 4. The van der Waals surface area contributed by atoms with E-state index in [0.717, 1.165) is 11.4 Å². The van der Waals surface area contributed by atoms with Gasteiger partial charge < -0.3 is 5.32 Å². The number of halogens is 1. The van der Waals surface area contributed by atoms with Gasteiger partial charge in [-0.1, -0.05) is 29.8 Å². The van der Waals surface area contributed by atoms with E-state index in [1.54, 1.807) is 12.1 Å². The molecule has 2 rings (SSSR count). The number of aryl methyl sites for hydroxylation is 1. The van der Waals surface area contributed by atoms with Crippen LogP contribution in [0.15, 0.2) is 30.3 Å². The van der Waals surface area contributed by atoms with E-state index < -0.39 is 0 Å². The van der Waals surface area contributed by atoms with Gasteiger partial charge >= 0.3 is 0 Å². The van der Waals surface area contributed by atoms with Gasteiger partial charge in [-0.15, -0.1) is 0 Å². The van der Waals surface area contributed by atoms with E-state index >= 15 is 0 Å². The summed E-state index contributed by atoms with van der Waals surface area (Å²) in [5, 5.41) is 7.86. The van der Waals surface area contributed by atoms with Gasteiger partial charge in [-0.25, -0.2) is 0 Å². The second kappa shape index (κ2) is 5.89. The molecular weight excluding hydrogens is 262 g/mol. The van der Waals surface area contributed by atoms with Crippen LogP contribution in [0, 0.1) is 13.8 Å². The normalized spacial score (nSPS) is 10.5. The Hall–Kier alpha value is -1.81. The van der Waals surface area contributed by atoms with Crippen LogP contribution in [0.2, 0.25) is 5.02 Å². The minimum Gasteiger partial charge on any atom is -0.350 e. The zero-order chi connectivity index (χ0) is 13.8. The molecule has 4 nitrogen and oxygen atoms in total. The molecule has 0 aliphatic rings. The number of carbonyl (C=O) groups is 1. The molecule has 0 aliphatic carbocycles. The third kappa shape index (κ3) is 3.15. The average molecular weight is 278 g/mol. The van der Waals surface area contributed by atoms with Crippen LogP contribution in [0.4, 0.5) is 0 Å². The maximum Gasteiger partial charge on any atom is 0.251 e. The molecule has 0 atom stereocenters. The first-order valence-electron chi connectivity index (χ1n) is 6.12. The van der Waals surface area contributed by atoms with E-state index in [9.17, 15) is 4.79 Å². The molecule has 0 unspecified atom stereocenters. The Morgan fingerprint density at radius 3 is 2.58 bits per heavy atom. The fourth-order valence-electron chi connectivity index (χ4n) is 1.86. The van der Waals surface area contributed by atoms with Gasteiger partial charge in [0.1, 0.15) is 0 Å². The van der Waals surface area contributed by atoms with Crippen molar-refractivity contribution in [3.05, 3.63) is 52.3 Å². The highest BCUT2D eigenvalue weighted by Crippen LogP contribution is 2.18. The molecule has 100 valence electrons. The van der Waals surface area contributed by atoms with Crippen molar-refractivity contribution in [1.29, 1.82) is 0 Å². The van der Waals surface area contributed by atoms with E-state index in [1.165, 1.54) is 0 Å². The molecule has 0 bridgehead atoms. The summed E-state index contributed by atoms with van der Waals surface area (Å²) in [5.41, 5.74) is 2.40. The number of hydrogen-bond acceptors (Lipinski definition) is 2. The highest BCUT2D eigenvalue weighted by molar-refractivity contribution is 6.31. The Labute approximate surface area is 117 Å². The summed E-state index contributed by atoms with van der Waals surface area (Å²) >= 11 is 6.07. The number of aromatic nitrogens is 2. The highest BCUT2D eigenvalue weighted by atomic mass is 35.5. The van der Waals surface area contributed by atoms with E-state index in [2.05, 4.69) is 10.4 Å². The van der Waals surface area contributed by atoms with Crippen molar-refractivity contribution >= 4 is 17.5 Å². The molecule has 1 N–H and O–H groups in total. The minimum absolute atomic E-state index is 0.0757. The van der Waals surface area contributed by atoms with Gasteiger partial charge in [0.2, 0.25) is 0 Å². The molecular formula is C14H16ClN3O. The van der Waals surface area contributed by atoms with Crippen LogP contribution in [0.3, 0.4) is 0 Å². The first kappa shape index (κ1) is 13.6. The summed E-state index contributed by atoms with van der Waals surface area (Å²) in [6, 6.07) is 9.14. The number of hydrogen-bond donors (Lipinski definition) is 1. The third-order valence-electron chi connectivity index (χ3n) is 2.94. The summed E-state index contributed by atoms with van der Waals surface area (Å²) in [7, 11) is 0. The SMILES string of the molecule is Cc1nn(CCNC(=O)c2ccccc2)c(C)c1Cl. The van der Waals surface area contributed by atoms with Crippen molar-refractivity contribution in [2.45, 2.75) is 20.4 Å². The smallest absolute Gasteiger partial charge is 0.251 e. The van der Waals surface area contributed by atoms with Gasteiger partial charge in [0.05, 0.1) is 23.0 Å². The number of benzene rings is 1. The van der Waals surface area contributed by atoms with Crippen molar-refractivity contribution in [2.75, 3.05) is 6.54 Å². The summed E-state index contributed by atoms with van der Waals surface area (Å²) in [5.74, 6) is -0.0757. The lowest BCUT2D eigenvalue weighted by Crippen LogP contribution is -2.27. The Morgan fingerprint density at radius 1 is 1.32 bits per heavy atom. The van der Waals surface area contributed by atoms with Gasteiger partial charge in [0, 0.05) is 12.1 Å². The summed E-state index contributed by atoms with van der Waals surface area (Å²) < 4.78 is 1.81. The Balaban J connectivity index is 1.90. The lowest BCUT2D eigenvalue weighted by Gasteiger charge is -2.07. The fourth-order valence-corrected chi connectivity index (χ4v) is 2.00. The van der Waals surface area contributed by atoms with Gasteiger partial charge in [-0.2, -0.15) is 5.10 Å². The van der Waals surface area contributed by atoms with Crippen LogP contribution < -0.4 is 5.32 Å². The zero-order valence-electron chi connectivity index (χ0n) is 11.0. The number of carbonyl (C=O) groups excluding carboxylic acids is 1. The maximum absolute atomic E-state index is 11.8. The molecule has 5 heteroatoms. The van der Waals surface area contributed by atoms with E-state index in [-0.39, 0.29) is 5.91 Å². The van der Waals surface area contributed by atoms with E-state index in [0.29, 0.717) is 23.7 Å². The standard InChI is InChI=1S/C14H16ClN3O/c1-10-13(15)11(2)18(17-10)9-8-16-14(19)12-6-4-3-5-7-12/h3-7H,8-9H2,1-2H3,(H,16,19). The molecule has 0 aliphatic heterocycles. The van der Waals surface area contributed by atoms with Crippen LogP contribution in [-0.4, -0.2) is 22.2 Å². The van der Waals surface area contributed by atoms with Crippen LogP contribution in [0.5, 0.6) is 0 Å². The third-order valence-corrected chi connectivity index (χ3v) is 3.49. The number of nitrogens with zero attached hydrogens (tertiary/aromatic N) is 2. The second-order valence-corrected chi connectivity index (χ2v) is 4.71. The molecule has 0 radical (unpaired) electrons. The summed E-state index contributed by atoms with van der Waals surface area (Å²) in [4.78, 5) is 11.8.